The van der Waals surface area contributed by atoms with Crippen molar-refractivity contribution in [1.82, 2.24) is 4.57 Å². The molecule has 50 heavy (non-hydrogen) atoms. The molecule has 9 aromatic carbocycles. The number of nitrogens with zero attached hydrogens (tertiary/aromatic N) is 1. The molecular formula is C49H33N. The van der Waals surface area contributed by atoms with Crippen molar-refractivity contribution in [3.8, 4) is 39.1 Å². The van der Waals surface area contributed by atoms with E-state index >= 15 is 0 Å². The van der Waals surface area contributed by atoms with Gasteiger partial charge in [-0.25, -0.2) is 0 Å². The fourth-order valence-electron chi connectivity index (χ4n) is 8.24. The van der Waals surface area contributed by atoms with E-state index in [1.807, 2.05) is 0 Å². The number of hydrogen-bond acceptors (Lipinski definition) is 0. The number of fused-ring (bicyclic) bond motifs is 7. The first kappa shape index (κ1) is 28.6. The van der Waals surface area contributed by atoms with E-state index < -0.39 is 0 Å². The second-order valence-electron chi connectivity index (χ2n) is 13.3. The second-order valence-corrected chi connectivity index (χ2v) is 13.3. The van der Waals surface area contributed by atoms with Gasteiger partial charge < -0.3 is 4.57 Å². The van der Waals surface area contributed by atoms with Crippen LogP contribution in [0.4, 0.5) is 0 Å². The number of rotatable bonds is 4. The summed E-state index contributed by atoms with van der Waals surface area (Å²) in [5.41, 5.74) is 12.4. The Bertz CT molecular complexity index is 2840. The first-order valence-electron chi connectivity index (χ1n) is 17.4. The van der Waals surface area contributed by atoms with Gasteiger partial charge in [0.05, 0.1) is 11.0 Å². The van der Waals surface area contributed by atoms with Crippen LogP contribution in [0.25, 0.3) is 93.2 Å². The van der Waals surface area contributed by atoms with Crippen LogP contribution in [0.3, 0.4) is 0 Å². The minimum atomic E-state index is 1.18. The first-order chi connectivity index (χ1) is 24.7. The Morgan fingerprint density at radius 1 is 0.340 bits per heavy atom. The molecule has 1 heterocycles. The Kier molecular flexibility index (Phi) is 6.47. The summed E-state index contributed by atoms with van der Waals surface area (Å²) in [7, 11) is 0. The zero-order chi connectivity index (χ0) is 33.2. The van der Waals surface area contributed by atoms with Crippen LogP contribution in [0.15, 0.2) is 182 Å². The number of para-hydroxylation sites is 1. The third-order valence-corrected chi connectivity index (χ3v) is 10.4. The van der Waals surface area contributed by atoms with Gasteiger partial charge in [0.15, 0.2) is 0 Å². The zero-order valence-electron chi connectivity index (χ0n) is 27.8. The average molecular weight is 636 g/mol. The Morgan fingerprint density at radius 2 is 0.820 bits per heavy atom. The predicted octanol–water partition coefficient (Wildman–Crippen LogP) is 13.6. The third kappa shape index (κ3) is 4.34. The van der Waals surface area contributed by atoms with Gasteiger partial charge in [-0.3, -0.25) is 0 Å². The molecule has 0 bridgehead atoms. The monoisotopic (exact) mass is 635 g/mol. The van der Waals surface area contributed by atoms with Gasteiger partial charge in [0.1, 0.15) is 0 Å². The zero-order valence-corrected chi connectivity index (χ0v) is 27.8. The largest absolute Gasteiger partial charge is 0.309 e. The molecule has 1 heteroatoms. The van der Waals surface area contributed by atoms with Crippen LogP contribution in [0.1, 0.15) is 5.56 Å². The molecule has 1 nitrogen and oxygen atoms in total. The molecule has 0 atom stereocenters. The van der Waals surface area contributed by atoms with Crippen molar-refractivity contribution >= 4 is 54.1 Å². The van der Waals surface area contributed by atoms with E-state index in [0.717, 1.165) is 0 Å². The molecule has 0 N–H and O–H groups in total. The normalized spacial score (nSPS) is 11.7. The van der Waals surface area contributed by atoms with E-state index in [-0.39, 0.29) is 0 Å². The smallest absolute Gasteiger partial charge is 0.0619 e. The van der Waals surface area contributed by atoms with Crippen LogP contribution >= 0.6 is 0 Å². The third-order valence-electron chi connectivity index (χ3n) is 10.4. The second kappa shape index (κ2) is 11.3. The molecule has 0 unspecified atom stereocenters. The molecule has 10 aromatic rings. The summed E-state index contributed by atoms with van der Waals surface area (Å²) in [6.45, 7) is 2.19. The molecule has 234 valence electrons. The minimum Gasteiger partial charge on any atom is -0.309 e. The van der Waals surface area contributed by atoms with Gasteiger partial charge in [-0.1, -0.05) is 157 Å². The summed E-state index contributed by atoms with van der Waals surface area (Å²) in [5, 5.41) is 10.2. The summed E-state index contributed by atoms with van der Waals surface area (Å²) in [4.78, 5) is 0. The average Bonchev–Trinajstić information content (AvgIpc) is 3.51. The molecule has 0 aliphatic heterocycles. The van der Waals surface area contributed by atoms with E-state index in [2.05, 4.69) is 193 Å². The summed E-state index contributed by atoms with van der Waals surface area (Å²) < 4.78 is 2.44. The molecule has 0 aliphatic carbocycles. The molecule has 1 aromatic heterocycles. The molecule has 0 aliphatic rings. The lowest BCUT2D eigenvalue weighted by Crippen LogP contribution is -1.94. The Balaban J connectivity index is 1.21. The quantitative estimate of drug-likeness (QED) is 0.170. The van der Waals surface area contributed by atoms with Gasteiger partial charge in [-0.05, 0) is 97.6 Å². The summed E-state index contributed by atoms with van der Waals surface area (Å²) in [6, 6.07) is 66.8. The molecule has 0 saturated carbocycles. The molecular weight excluding hydrogens is 603 g/mol. The summed E-state index contributed by atoms with van der Waals surface area (Å²) >= 11 is 0. The maximum atomic E-state index is 2.44. The van der Waals surface area contributed by atoms with E-state index in [1.165, 1.54) is 98.8 Å². The lowest BCUT2D eigenvalue weighted by Gasteiger charge is -2.18. The number of aryl methyl sites for hydroxylation is 1. The van der Waals surface area contributed by atoms with Crippen LogP contribution < -0.4 is 0 Å². The summed E-state index contributed by atoms with van der Waals surface area (Å²) in [6.07, 6.45) is 0. The molecule has 0 amide bonds. The fourth-order valence-corrected chi connectivity index (χ4v) is 8.24. The van der Waals surface area contributed by atoms with Gasteiger partial charge in [0.2, 0.25) is 0 Å². The molecule has 0 spiro atoms. The molecule has 0 fully saturated rings. The number of benzene rings is 9. The van der Waals surface area contributed by atoms with Gasteiger partial charge in [0, 0.05) is 21.8 Å². The first-order valence-corrected chi connectivity index (χ1v) is 17.4. The summed E-state index contributed by atoms with van der Waals surface area (Å²) in [5.74, 6) is 0. The maximum Gasteiger partial charge on any atom is 0.0619 e. The van der Waals surface area contributed by atoms with Crippen LogP contribution in [-0.4, -0.2) is 4.57 Å². The van der Waals surface area contributed by atoms with E-state index in [4.69, 9.17) is 0 Å². The van der Waals surface area contributed by atoms with Crippen molar-refractivity contribution in [2.75, 3.05) is 0 Å². The lowest BCUT2D eigenvalue weighted by atomic mass is 9.85. The highest BCUT2D eigenvalue weighted by Gasteiger charge is 2.19. The van der Waals surface area contributed by atoms with Crippen molar-refractivity contribution in [2.24, 2.45) is 0 Å². The van der Waals surface area contributed by atoms with Crippen molar-refractivity contribution in [3.63, 3.8) is 0 Å². The molecule has 10 rings (SSSR count). The van der Waals surface area contributed by atoms with E-state index in [1.54, 1.807) is 0 Å². The number of hydrogen-bond donors (Lipinski definition) is 0. The van der Waals surface area contributed by atoms with Gasteiger partial charge in [-0.15, -0.1) is 0 Å². The van der Waals surface area contributed by atoms with Crippen molar-refractivity contribution < 1.29 is 0 Å². The van der Waals surface area contributed by atoms with Gasteiger partial charge >= 0.3 is 0 Å². The maximum absolute atomic E-state index is 2.44. The van der Waals surface area contributed by atoms with E-state index in [0.29, 0.717) is 0 Å². The highest BCUT2D eigenvalue weighted by Crippen LogP contribution is 2.45. The van der Waals surface area contributed by atoms with E-state index in [9.17, 15) is 0 Å². The lowest BCUT2D eigenvalue weighted by molar-refractivity contribution is 1.18. The highest BCUT2D eigenvalue weighted by atomic mass is 15.0. The molecule has 0 saturated heterocycles. The van der Waals surface area contributed by atoms with Gasteiger partial charge in [-0.2, -0.15) is 0 Å². The van der Waals surface area contributed by atoms with Crippen molar-refractivity contribution in [3.05, 3.63) is 188 Å². The topological polar surface area (TPSA) is 4.93 Å². The number of aromatic nitrogens is 1. The molecule has 0 radical (unpaired) electrons. The van der Waals surface area contributed by atoms with Crippen molar-refractivity contribution in [1.29, 1.82) is 0 Å². The van der Waals surface area contributed by atoms with Crippen LogP contribution in [0.5, 0.6) is 0 Å². The Morgan fingerprint density at radius 3 is 1.42 bits per heavy atom. The predicted molar refractivity (Wildman–Crippen MR) is 214 cm³/mol. The van der Waals surface area contributed by atoms with Crippen LogP contribution in [-0.2, 0) is 0 Å². The SMILES string of the molecule is Cc1ccc2c(c1)c1cc(-c3ccc(-c4c5ccccc5c(-c5ccccc5)c5ccccc45)cc3)c3ccccc3c1n2-c1ccccc1. The fraction of sp³-hybridized carbons (Fsp3) is 0.0204. The standard InChI is InChI=1S/C49H33N/c1-32-24-29-46-44(30-32)45-31-43(37-18-8-13-23-42(37)49(45)50(46)36-16-6-3-7-17-36)33-25-27-35(28-26-33)48-40-21-11-9-19-38(40)47(34-14-4-2-5-15-34)39-20-10-12-22-41(39)48/h2-31H,1H3. The van der Waals surface area contributed by atoms with Crippen LogP contribution in [0, 0.1) is 6.92 Å². The van der Waals surface area contributed by atoms with Gasteiger partial charge in [0.25, 0.3) is 0 Å². The minimum absolute atomic E-state index is 1.18. The Hall–Kier alpha value is -6.44. The van der Waals surface area contributed by atoms with Crippen LogP contribution in [0.2, 0.25) is 0 Å². The Labute approximate surface area is 291 Å². The highest BCUT2D eigenvalue weighted by molar-refractivity contribution is 6.23. The van der Waals surface area contributed by atoms with Crippen molar-refractivity contribution in [2.45, 2.75) is 6.92 Å².